The van der Waals surface area contributed by atoms with E-state index in [-0.39, 0.29) is 11.5 Å². The van der Waals surface area contributed by atoms with Gasteiger partial charge in [0.25, 0.3) is 5.91 Å². The molecule has 0 aliphatic carbocycles. The predicted octanol–water partition coefficient (Wildman–Crippen LogP) is 3.03. The van der Waals surface area contributed by atoms with Crippen LogP contribution in [0.2, 0.25) is 0 Å². The summed E-state index contributed by atoms with van der Waals surface area (Å²) in [5.74, 6) is -1.14. The minimum atomic E-state index is -1.45. The first-order chi connectivity index (χ1) is 13.7. The average molecular weight is 479 g/mol. The van der Waals surface area contributed by atoms with E-state index in [1.807, 2.05) is 6.07 Å². The van der Waals surface area contributed by atoms with E-state index in [1.165, 1.54) is 13.2 Å². The second-order valence-electron chi connectivity index (χ2n) is 8.34. The third-order valence-electron chi connectivity index (χ3n) is 4.26. The number of ketones is 1. The fourth-order valence-corrected chi connectivity index (χ4v) is 3.24. The number of amides is 2. The van der Waals surface area contributed by atoms with Crippen LogP contribution in [0.5, 0.6) is 0 Å². The van der Waals surface area contributed by atoms with Gasteiger partial charge in [-0.2, -0.15) is 0 Å². The highest BCUT2D eigenvalue weighted by atomic mass is 79.9. The molecule has 9 heteroatoms. The van der Waals surface area contributed by atoms with E-state index in [1.54, 1.807) is 64.9 Å². The van der Waals surface area contributed by atoms with Gasteiger partial charge in [0.1, 0.15) is 16.7 Å². The van der Waals surface area contributed by atoms with Gasteiger partial charge in [0.05, 0.1) is 0 Å². The van der Waals surface area contributed by atoms with Crippen LogP contribution in [0.25, 0.3) is 0 Å². The molecule has 0 aromatic heterocycles. The molecule has 8 nitrogen and oxygen atoms in total. The lowest BCUT2D eigenvalue weighted by molar-refractivity contribution is -0.127. The third-order valence-corrected chi connectivity index (χ3v) is 4.75. The first-order valence-electron chi connectivity index (χ1n) is 9.31. The Kier molecular flexibility index (Phi) is 6.76. The molecule has 0 fully saturated rings. The van der Waals surface area contributed by atoms with Gasteiger partial charge in [0.2, 0.25) is 11.7 Å². The summed E-state index contributed by atoms with van der Waals surface area (Å²) in [6.07, 6.45) is 0.688. The molecule has 162 valence electrons. The largest absolute Gasteiger partial charge is 0.444 e. The number of guanidine groups is 1. The Labute approximate surface area is 185 Å². The Morgan fingerprint density at radius 3 is 2.47 bits per heavy atom. The van der Waals surface area contributed by atoms with Crippen LogP contribution in [0.15, 0.2) is 45.5 Å². The van der Waals surface area contributed by atoms with E-state index in [0.29, 0.717) is 5.56 Å². The molecule has 0 saturated heterocycles. The number of nitrogens with one attached hydrogen (secondary N) is 1. The van der Waals surface area contributed by atoms with Gasteiger partial charge in [-0.15, -0.1) is 0 Å². The Morgan fingerprint density at radius 1 is 1.30 bits per heavy atom. The van der Waals surface area contributed by atoms with Crippen LogP contribution < -0.4 is 5.32 Å². The lowest BCUT2D eigenvalue weighted by Gasteiger charge is -2.25. The number of carbonyl (C=O) groups is 3. The van der Waals surface area contributed by atoms with E-state index in [2.05, 4.69) is 26.2 Å². The zero-order chi connectivity index (χ0) is 22.9. The second-order valence-corrected chi connectivity index (χ2v) is 9.26. The number of hydrogen-bond acceptors (Lipinski definition) is 6. The maximum atomic E-state index is 13.5. The third kappa shape index (κ3) is 5.27. The standard InChI is InChI=1S/C21H27BrN4O4/c1-20(2,3)30-19(29)23-18-24-21(4,13-9-8-10-14(22)11-13)16(27)15(12-25(5)6)17(28)26(18)7/h8-12H,1-7H3,(H,23,24,29). The number of alkyl carbamates (subject to hydrolysis) is 1. The summed E-state index contributed by atoms with van der Waals surface area (Å²) in [5.41, 5.74) is -1.67. The average Bonchev–Trinajstić information content (AvgIpc) is 2.67. The number of benzene rings is 1. The fraction of sp³-hybridized carbons (Fsp3) is 0.429. The number of Topliss-reactive ketones (excluding diaryl/α,β-unsaturated/α-hetero) is 1. The summed E-state index contributed by atoms with van der Waals surface area (Å²) in [4.78, 5) is 46.3. The van der Waals surface area contributed by atoms with Crippen molar-refractivity contribution in [2.24, 2.45) is 4.99 Å². The monoisotopic (exact) mass is 478 g/mol. The number of aliphatic imine (C=N–C) groups is 1. The molecular formula is C21H27BrN4O4. The van der Waals surface area contributed by atoms with Crippen LogP contribution in [0.4, 0.5) is 4.79 Å². The Balaban J connectivity index is 2.65. The van der Waals surface area contributed by atoms with Crippen LogP contribution in [0.3, 0.4) is 0 Å². The summed E-state index contributed by atoms with van der Waals surface area (Å²) < 4.78 is 6.05. The van der Waals surface area contributed by atoms with Gasteiger partial charge >= 0.3 is 6.09 Å². The molecular weight excluding hydrogens is 452 g/mol. The fourth-order valence-electron chi connectivity index (χ4n) is 2.84. The van der Waals surface area contributed by atoms with E-state index >= 15 is 0 Å². The van der Waals surface area contributed by atoms with Gasteiger partial charge in [-0.1, -0.05) is 28.1 Å². The van der Waals surface area contributed by atoms with Crippen molar-refractivity contribution in [3.8, 4) is 0 Å². The molecule has 1 heterocycles. The number of carbonyl (C=O) groups excluding carboxylic acids is 3. The van der Waals surface area contributed by atoms with Crippen LogP contribution in [-0.4, -0.2) is 60.3 Å². The lowest BCUT2D eigenvalue weighted by Crippen LogP contribution is -2.46. The molecule has 1 aromatic carbocycles. The maximum Gasteiger partial charge on any atom is 0.414 e. The van der Waals surface area contributed by atoms with Crippen molar-refractivity contribution in [2.75, 3.05) is 21.1 Å². The maximum absolute atomic E-state index is 13.5. The van der Waals surface area contributed by atoms with Crippen LogP contribution in [0, 0.1) is 0 Å². The number of halogens is 1. The van der Waals surface area contributed by atoms with Gasteiger partial charge in [-0.25, -0.2) is 9.79 Å². The highest BCUT2D eigenvalue weighted by Gasteiger charge is 2.44. The van der Waals surface area contributed by atoms with Gasteiger partial charge in [0, 0.05) is 31.8 Å². The van der Waals surface area contributed by atoms with E-state index < -0.39 is 28.9 Å². The highest BCUT2D eigenvalue weighted by Crippen LogP contribution is 2.34. The first-order valence-corrected chi connectivity index (χ1v) is 10.1. The molecule has 0 bridgehead atoms. The highest BCUT2D eigenvalue weighted by molar-refractivity contribution is 9.10. The van der Waals surface area contributed by atoms with E-state index in [0.717, 1.165) is 9.37 Å². The molecule has 30 heavy (non-hydrogen) atoms. The zero-order valence-corrected chi connectivity index (χ0v) is 19.8. The van der Waals surface area contributed by atoms with Crippen molar-refractivity contribution < 1.29 is 19.1 Å². The molecule has 0 radical (unpaired) electrons. The van der Waals surface area contributed by atoms with Crippen LogP contribution >= 0.6 is 15.9 Å². The van der Waals surface area contributed by atoms with Crippen molar-refractivity contribution in [3.05, 3.63) is 46.1 Å². The number of likely N-dealkylation sites (N-methyl/N-ethyl adjacent to an activating group) is 1. The van der Waals surface area contributed by atoms with Crippen LogP contribution in [0.1, 0.15) is 33.3 Å². The van der Waals surface area contributed by atoms with E-state index in [9.17, 15) is 14.4 Å². The van der Waals surface area contributed by atoms with Crippen molar-refractivity contribution in [3.63, 3.8) is 0 Å². The second kappa shape index (κ2) is 8.59. The number of ether oxygens (including phenoxy) is 1. The van der Waals surface area contributed by atoms with Crippen molar-refractivity contribution in [2.45, 2.75) is 38.8 Å². The molecule has 0 spiro atoms. The topological polar surface area (TPSA) is 91.3 Å². The van der Waals surface area contributed by atoms with Crippen molar-refractivity contribution in [1.29, 1.82) is 0 Å². The molecule has 1 unspecified atom stereocenters. The normalized spacial score (nSPS) is 21.3. The number of nitrogens with zero attached hydrogens (tertiary/aromatic N) is 3. The minimum absolute atomic E-state index is 0.0466. The first kappa shape index (κ1) is 23.6. The zero-order valence-electron chi connectivity index (χ0n) is 18.2. The lowest BCUT2D eigenvalue weighted by atomic mass is 9.85. The summed E-state index contributed by atoms with van der Waals surface area (Å²) >= 11 is 3.41. The predicted molar refractivity (Wildman–Crippen MR) is 118 cm³/mol. The molecule has 1 aliphatic rings. The number of rotatable bonds is 2. The molecule has 1 N–H and O–H groups in total. The summed E-state index contributed by atoms with van der Waals surface area (Å²) in [6.45, 7) is 6.79. The smallest absolute Gasteiger partial charge is 0.414 e. The van der Waals surface area contributed by atoms with E-state index in [4.69, 9.17) is 4.74 Å². The Bertz CT molecular complexity index is 933. The van der Waals surface area contributed by atoms with Gasteiger partial charge in [0.15, 0.2) is 0 Å². The Hall–Kier alpha value is -2.68. The summed E-state index contributed by atoms with van der Waals surface area (Å²) in [5, 5.41) is 2.52. The summed E-state index contributed by atoms with van der Waals surface area (Å²) in [7, 11) is 4.88. The molecule has 0 saturated carbocycles. The molecule has 1 aliphatic heterocycles. The molecule has 1 atom stereocenters. The van der Waals surface area contributed by atoms with Crippen LogP contribution in [-0.2, 0) is 19.9 Å². The SMILES string of the molecule is CN(C)C=C1C(=O)N(C)C(NC(=O)OC(C)(C)C)=NC(C)(c2cccc(Br)c2)C1=O. The molecule has 2 rings (SSSR count). The van der Waals surface area contributed by atoms with Gasteiger partial charge < -0.3 is 9.64 Å². The van der Waals surface area contributed by atoms with Crippen molar-refractivity contribution >= 4 is 39.7 Å². The van der Waals surface area contributed by atoms with Crippen molar-refractivity contribution in [1.82, 2.24) is 15.1 Å². The minimum Gasteiger partial charge on any atom is -0.444 e. The number of hydrogen-bond donors (Lipinski definition) is 1. The van der Waals surface area contributed by atoms with Gasteiger partial charge in [-0.3, -0.25) is 19.8 Å². The quantitative estimate of drug-likeness (QED) is 0.520. The molecule has 2 amide bonds. The molecule has 1 aromatic rings. The Morgan fingerprint density at radius 2 is 1.93 bits per heavy atom. The van der Waals surface area contributed by atoms with Gasteiger partial charge in [-0.05, 0) is 45.4 Å². The summed E-state index contributed by atoms with van der Waals surface area (Å²) in [6, 6.07) is 7.11.